The van der Waals surface area contributed by atoms with Crippen molar-refractivity contribution in [1.29, 1.82) is 0 Å². The number of nitrogens with two attached hydrogens (primary N) is 1. The number of nitrogens with zero attached hydrogens (tertiary/aromatic N) is 2. The molecule has 0 spiro atoms. The molecule has 0 atom stereocenters. The third-order valence-electron chi connectivity index (χ3n) is 2.12. The van der Waals surface area contributed by atoms with E-state index >= 15 is 0 Å². The summed E-state index contributed by atoms with van der Waals surface area (Å²) in [7, 11) is 0. The number of benzene rings is 1. The van der Waals surface area contributed by atoms with Crippen molar-refractivity contribution in [2.45, 2.75) is 6.36 Å². The van der Waals surface area contributed by atoms with Gasteiger partial charge in [0.25, 0.3) is 5.91 Å². The lowest BCUT2D eigenvalue weighted by Crippen LogP contribution is -2.17. The summed E-state index contributed by atoms with van der Waals surface area (Å²) in [6, 6.07) is 4.99. The fourth-order valence-corrected chi connectivity index (χ4v) is 1.44. The van der Waals surface area contributed by atoms with Gasteiger partial charge in [-0.1, -0.05) is 12.1 Å². The third kappa shape index (κ3) is 3.00. The van der Waals surface area contributed by atoms with Gasteiger partial charge in [-0.3, -0.25) is 4.79 Å². The molecule has 100 valence electrons. The lowest BCUT2D eigenvalue weighted by molar-refractivity contribution is -0.274. The zero-order valence-corrected chi connectivity index (χ0v) is 9.23. The van der Waals surface area contributed by atoms with Gasteiger partial charge in [0.1, 0.15) is 11.4 Å². The second kappa shape index (κ2) is 4.59. The number of carbonyl (C=O) groups excluding carboxylic acids is 1. The van der Waals surface area contributed by atoms with Crippen LogP contribution in [0.2, 0.25) is 0 Å². The van der Waals surface area contributed by atoms with E-state index in [9.17, 15) is 18.0 Å². The largest absolute Gasteiger partial charge is 0.573 e. The standard InChI is InChI=1S/C10H7F3N4O2/c11-10(12,13)19-6-3-1-2-5(4-6)7-8(9(14)18)16-17-15-7/h1-4H,(H2,14,18)(H,15,16,17). The second-order valence-corrected chi connectivity index (χ2v) is 3.46. The van der Waals surface area contributed by atoms with Crippen molar-refractivity contribution in [1.82, 2.24) is 15.4 Å². The van der Waals surface area contributed by atoms with E-state index in [0.717, 1.165) is 12.1 Å². The van der Waals surface area contributed by atoms with Crippen LogP contribution in [-0.4, -0.2) is 27.7 Å². The predicted molar refractivity (Wildman–Crippen MR) is 57.0 cm³/mol. The van der Waals surface area contributed by atoms with Gasteiger partial charge >= 0.3 is 6.36 Å². The molecule has 19 heavy (non-hydrogen) atoms. The molecule has 0 aliphatic rings. The highest BCUT2D eigenvalue weighted by atomic mass is 19.4. The van der Waals surface area contributed by atoms with Crippen molar-refractivity contribution in [3.8, 4) is 17.0 Å². The minimum Gasteiger partial charge on any atom is -0.406 e. The van der Waals surface area contributed by atoms with Gasteiger partial charge in [-0.05, 0) is 12.1 Å². The first-order chi connectivity index (χ1) is 8.87. The van der Waals surface area contributed by atoms with E-state index < -0.39 is 18.0 Å². The maximum Gasteiger partial charge on any atom is 0.573 e. The molecule has 0 radical (unpaired) electrons. The Balaban J connectivity index is 2.38. The van der Waals surface area contributed by atoms with Gasteiger partial charge in [-0.2, -0.15) is 15.4 Å². The van der Waals surface area contributed by atoms with Gasteiger partial charge in [0.2, 0.25) is 0 Å². The summed E-state index contributed by atoms with van der Waals surface area (Å²) in [5.41, 5.74) is 5.18. The number of hydrogen-bond acceptors (Lipinski definition) is 4. The number of halogens is 3. The van der Waals surface area contributed by atoms with Crippen molar-refractivity contribution in [3.05, 3.63) is 30.0 Å². The maximum absolute atomic E-state index is 12.1. The number of hydrogen-bond donors (Lipinski definition) is 2. The van der Waals surface area contributed by atoms with Crippen LogP contribution in [0, 0.1) is 0 Å². The van der Waals surface area contributed by atoms with E-state index in [4.69, 9.17) is 5.73 Å². The van der Waals surface area contributed by atoms with Crippen molar-refractivity contribution in [2.75, 3.05) is 0 Å². The normalized spacial score (nSPS) is 11.3. The molecule has 0 unspecified atom stereocenters. The molecule has 0 bridgehead atoms. The summed E-state index contributed by atoms with van der Waals surface area (Å²) in [5, 5.41) is 9.38. The fraction of sp³-hybridized carbons (Fsp3) is 0.100. The number of aromatic nitrogens is 3. The molecule has 9 heteroatoms. The van der Waals surface area contributed by atoms with E-state index in [1.54, 1.807) is 0 Å². The first-order valence-corrected chi connectivity index (χ1v) is 4.93. The quantitative estimate of drug-likeness (QED) is 0.884. The SMILES string of the molecule is NC(=O)c1n[nH]nc1-c1cccc(OC(F)(F)F)c1. The molecule has 1 aromatic carbocycles. The number of carbonyl (C=O) groups is 1. The Morgan fingerprint density at radius 3 is 2.68 bits per heavy atom. The lowest BCUT2D eigenvalue weighted by Gasteiger charge is -2.09. The summed E-state index contributed by atoms with van der Waals surface area (Å²) in [6.07, 6.45) is -4.80. The van der Waals surface area contributed by atoms with Crippen LogP contribution >= 0.6 is 0 Å². The van der Waals surface area contributed by atoms with Crippen LogP contribution in [-0.2, 0) is 0 Å². The number of amides is 1. The zero-order chi connectivity index (χ0) is 14.0. The first kappa shape index (κ1) is 12.9. The van der Waals surface area contributed by atoms with E-state index in [-0.39, 0.29) is 17.0 Å². The monoisotopic (exact) mass is 272 g/mol. The molecule has 0 saturated heterocycles. The van der Waals surface area contributed by atoms with Crippen LogP contribution in [0.15, 0.2) is 24.3 Å². The molecule has 1 heterocycles. The number of alkyl halides is 3. The van der Waals surface area contributed by atoms with Gasteiger partial charge in [0, 0.05) is 5.56 Å². The van der Waals surface area contributed by atoms with Gasteiger partial charge in [0.15, 0.2) is 5.69 Å². The molecule has 2 rings (SSSR count). The third-order valence-corrected chi connectivity index (χ3v) is 2.12. The molecule has 0 aliphatic heterocycles. The number of rotatable bonds is 3. The van der Waals surface area contributed by atoms with E-state index in [1.807, 2.05) is 0 Å². The number of ether oxygens (including phenoxy) is 1. The average Bonchev–Trinajstić information content (AvgIpc) is 2.75. The number of H-pyrrole nitrogens is 1. The highest BCUT2D eigenvalue weighted by Crippen LogP contribution is 2.27. The summed E-state index contributed by atoms with van der Waals surface area (Å²) in [4.78, 5) is 11.1. The van der Waals surface area contributed by atoms with Gasteiger partial charge in [0.05, 0.1) is 0 Å². The summed E-state index contributed by atoms with van der Waals surface area (Å²) in [5.74, 6) is -1.27. The van der Waals surface area contributed by atoms with Gasteiger partial charge in [-0.15, -0.1) is 13.2 Å². The Kier molecular flexibility index (Phi) is 3.11. The summed E-state index contributed by atoms with van der Waals surface area (Å²) in [6.45, 7) is 0. The zero-order valence-electron chi connectivity index (χ0n) is 9.23. The highest BCUT2D eigenvalue weighted by Gasteiger charge is 2.31. The van der Waals surface area contributed by atoms with Crippen molar-refractivity contribution < 1.29 is 22.7 Å². The molecular weight excluding hydrogens is 265 g/mol. The van der Waals surface area contributed by atoms with Crippen molar-refractivity contribution in [3.63, 3.8) is 0 Å². The minimum absolute atomic E-state index is 0.0557. The molecule has 1 aromatic heterocycles. The van der Waals surface area contributed by atoms with Crippen molar-refractivity contribution in [2.24, 2.45) is 5.73 Å². The van der Waals surface area contributed by atoms with Crippen LogP contribution in [0.25, 0.3) is 11.3 Å². The Morgan fingerprint density at radius 2 is 2.05 bits per heavy atom. The van der Waals surface area contributed by atoms with E-state index in [0.29, 0.717) is 0 Å². The minimum atomic E-state index is -4.80. The fourth-order valence-electron chi connectivity index (χ4n) is 1.44. The lowest BCUT2D eigenvalue weighted by atomic mass is 10.1. The summed E-state index contributed by atoms with van der Waals surface area (Å²) < 4.78 is 40.0. The Labute approximate surface area is 104 Å². The molecule has 0 fully saturated rings. The van der Waals surface area contributed by atoms with Gasteiger partial charge in [-0.25, -0.2) is 0 Å². The van der Waals surface area contributed by atoms with Crippen LogP contribution < -0.4 is 10.5 Å². The molecule has 0 saturated carbocycles. The smallest absolute Gasteiger partial charge is 0.406 e. The van der Waals surface area contributed by atoms with E-state index in [2.05, 4.69) is 20.1 Å². The highest BCUT2D eigenvalue weighted by molar-refractivity contribution is 5.96. The average molecular weight is 272 g/mol. The summed E-state index contributed by atoms with van der Waals surface area (Å²) >= 11 is 0. The second-order valence-electron chi connectivity index (χ2n) is 3.46. The number of aromatic amines is 1. The Hall–Kier alpha value is -2.58. The molecule has 6 nitrogen and oxygen atoms in total. The Bertz CT molecular complexity index is 609. The van der Waals surface area contributed by atoms with Crippen molar-refractivity contribution >= 4 is 5.91 Å². The van der Waals surface area contributed by atoms with Crippen LogP contribution in [0.4, 0.5) is 13.2 Å². The van der Waals surface area contributed by atoms with Crippen LogP contribution in [0.3, 0.4) is 0 Å². The topological polar surface area (TPSA) is 93.9 Å². The van der Waals surface area contributed by atoms with Crippen LogP contribution in [0.1, 0.15) is 10.5 Å². The molecule has 3 N–H and O–H groups in total. The molecular formula is C10H7F3N4O2. The maximum atomic E-state index is 12.1. The van der Waals surface area contributed by atoms with E-state index in [1.165, 1.54) is 12.1 Å². The molecule has 0 aliphatic carbocycles. The number of primary amides is 1. The Morgan fingerprint density at radius 1 is 1.32 bits per heavy atom. The molecule has 2 aromatic rings. The number of nitrogens with one attached hydrogen (secondary N) is 1. The predicted octanol–water partition coefficient (Wildman–Crippen LogP) is 1.47. The first-order valence-electron chi connectivity index (χ1n) is 4.93. The van der Waals surface area contributed by atoms with Crippen LogP contribution in [0.5, 0.6) is 5.75 Å². The molecule has 1 amide bonds. The van der Waals surface area contributed by atoms with Gasteiger partial charge < -0.3 is 10.5 Å².